The van der Waals surface area contributed by atoms with E-state index < -0.39 is 4.84 Å². The van der Waals surface area contributed by atoms with Crippen LogP contribution in [0.25, 0.3) is 0 Å². The second-order valence-electron chi connectivity index (χ2n) is 2.24. The van der Waals surface area contributed by atoms with Gasteiger partial charge in [-0.2, -0.15) is 0 Å². The fourth-order valence-electron chi connectivity index (χ4n) is 0.881. The Morgan fingerprint density at radius 3 is 2.46 bits per heavy atom. The predicted molar refractivity (Wildman–Crippen MR) is 61.3 cm³/mol. The van der Waals surface area contributed by atoms with E-state index in [4.69, 9.17) is 46.4 Å². The minimum absolute atomic E-state index is 0.247. The van der Waals surface area contributed by atoms with Crippen molar-refractivity contribution in [1.82, 2.24) is 4.98 Å². The topological polar surface area (TPSA) is 12.9 Å². The van der Waals surface area contributed by atoms with Crippen molar-refractivity contribution in [1.29, 1.82) is 0 Å². The van der Waals surface area contributed by atoms with Crippen LogP contribution in [0.4, 0.5) is 0 Å². The van der Waals surface area contributed by atoms with Gasteiger partial charge in [-0.05, 0) is 11.6 Å². The van der Waals surface area contributed by atoms with Gasteiger partial charge in [0.15, 0.2) is 0 Å². The van der Waals surface area contributed by atoms with Gasteiger partial charge in [-0.25, -0.2) is 4.98 Å². The van der Waals surface area contributed by atoms with Crippen LogP contribution in [0.1, 0.15) is 16.0 Å². The normalized spacial score (nSPS) is 10.9. The van der Waals surface area contributed by atoms with Crippen LogP contribution in [0.3, 0.4) is 0 Å². The molecule has 1 heterocycles. The Labute approximate surface area is 104 Å². The highest BCUT2D eigenvalue weighted by Crippen LogP contribution is 2.34. The zero-order valence-electron chi connectivity index (χ0n) is 6.20. The Morgan fingerprint density at radius 2 is 2.00 bits per heavy atom. The first-order valence-electron chi connectivity index (χ1n) is 3.25. The molecule has 0 aromatic carbocycles. The third-order valence-electron chi connectivity index (χ3n) is 1.43. The zero-order valence-corrected chi connectivity index (χ0v) is 10.8. The number of aromatic nitrogens is 1. The van der Waals surface area contributed by atoms with E-state index in [1.54, 1.807) is 6.07 Å². The number of alkyl halides is 3. The van der Waals surface area contributed by atoms with E-state index in [0.717, 1.165) is 5.56 Å². The maximum Gasteiger partial charge on any atom is 0.137 e. The molecule has 1 nitrogen and oxygen atoms in total. The van der Waals surface area contributed by atoms with Crippen molar-refractivity contribution >= 4 is 62.3 Å². The van der Waals surface area contributed by atoms with Gasteiger partial charge in [0.25, 0.3) is 0 Å². The summed E-state index contributed by atoms with van der Waals surface area (Å²) < 4.78 is 0. The third-order valence-corrected chi connectivity index (χ3v) is 2.95. The largest absolute Gasteiger partial charge is 0.224 e. The summed E-state index contributed by atoms with van der Waals surface area (Å²) in [6, 6.07) is 1.68. The number of hydrogen-bond donors (Lipinski definition) is 0. The molecule has 1 aromatic rings. The van der Waals surface area contributed by atoms with Crippen LogP contribution in [0.15, 0.2) is 6.07 Å². The van der Waals surface area contributed by atoms with Crippen molar-refractivity contribution in [2.24, 2.45) is 0 Å². The van der Waals surface area contributed by atoms with Crippen molar-refractivity contribution in [3.63, 3.8) is 0 Å². The molecular formula is C7H4BrCl4N. The maximum absolute atomic E-state index is 5.82. The lowest BCUT2D eigenvalue weighted by Crippen LogP contribution is -1.95. The molecule has 0 spiro atoms. The minimum Gasteiger partial charge on any atom is -0.224 e. The SMILES string of the molecule is Clc1cc(CBr)c(C(Cl)Cl)c(Cl)n1. The summed E-state index contributed by atoms with van der Waals surface area (Å²) in [6.07, 6.45) is 0. The highest BCUT2D eigenvalue weighted by atomic mass is 79.9. The molecule has 1 aromatic heterocycles. The van der Waals surface area contributed by atoms with Crippen LogP contribution < -0.4 is 0 Å². The van der Waals surface area contributed by atoms with Crippen LogP contribution in [0.2, 0.25) is 10.3 Å². The van der Waals surface area contributed by atoms with Gasteiger partial charge in [0.05, 0.1) is 0 Å². The second kappa shape index (κ2) is 5.04. The number of nitrogens with zero attached hydrogens (tertiary/aromatic N) is 1. The average molecular weight is 324 g/mol. The van der Waals surface area contributed by atoms with E-state index in [1.807, 2.05) is 0 Å². The Balaban J connectivity index is 3.30. The van der Waals surface area contributed by atoms with E-state index in [9.17, 15) is 0 Å². The molecule has 13 heavy (non-hydrogen) atoms. The summed E-state index contributed by atoms with van der Waals surface area (Å²) in [7, 11) is 0. The smallest absolute Gasteiger partial charge is 0.137 e. The van der Waals surface area contributed by atoms with E-state index in [2.05, 4.69) is 20.9 Å². The molecule has 0 aliphatic heterocycles. The highest BCUT2D eigenvalue weighted by molar-refractivity contribution is 9.08. The predicted octanol–water partition coefficient (Wildman–Crippen LogP) is 4.76. The maximum atomic E-state index is 5.82. The van der Waals surface area contributed by atoms with Crippen LogP contribution in [0, 0.1) is 0 Å². The Bertz CT molecular complexity index is 316. The molecule has 0 radical (unpaired) electrons. The Kier molecular flexibility index (Phi) is 4.59. The van der Waals surface area contributed by atoms with Gasteiger partial charge in [-0.1, -0.05) is 62.3 Å². The van der Waals surface area contributed by atoms with Gasteiger partial charge >= 0.3 is 0 Å². The molecule has 6 heteroatoms. The highest BCUT2D eigenvalue weighted by Gasteiger charge is 2.15. The lowest BCUT2D eigenvalue weighted by atomic mass is 10.2. The van der Waals surface area contributed by atoms with Crippen LogP contribution in [-0.2, 0) is 5.33 Å². The summed E-state index contributed by atoms with van der Waals surface area (Å²) in [5.74, 6) is 0. The Hall–Kier alpha value is 0.790. The molecule has 0 saturated carbocycles. The van der Waals surface area contributed by atoms with Crippen LogP contribution >= 0.6 is 62.3 Å². The summed E-state index contributed by atoms with van der Waals surface area (Å²) >= 11 is 26.3. The molecule has 0 aliphatic rings. The van der Waals surface area contributed by atoms with Gasteiger partial charge in [0.2, 0.25) is 0 Å². The van der Waals surface area contributed by atoms with Crippen molar-refractivity contribution < 1.29 is 0 Å². The molecule has 0 aliphatic carbocycles. The van der Waals surface area contributed by atoms with E-state index >= 15 is 0 Å². The first kappa shape index (κ1) is 11.9. The fourth-order valence-corrected chi connectivity index (χ4v) is 2.52. The summed E-state index contributed by atoms with van der Waals surface area (Å²) in [6.45, 7) is 0. The first-order chi connectivity index (χ1) is 6.06. The fraction of sp³-hybridized carbons (Fsp3) is 0.286. The lowest BCUT2D eigenvalue weighted by molar-refractivity contribution is 1.17. The molecular weight excluding hydrogens is 320 g/mol. The molecule has 0 atom stereocenters. The van der Waals surface area contributed by atoms with Gasteiger partial charge in [-0.15, -0.1) is 0 Å². The molecule has 1 rings (SSSR count). The third kappa shape index (κ3) is 2.87. The molecule has 0 fully saturated rings. The lowest BCUT2D eigenvalue weighted by Gasteiger charge is -2.09. The monoisotopic (exact) mass is 321 g/mol. The standard InChI is InChI=1S/C7H4BrCl4N/c8-2-3-1-4(9)13-7(12)5(3)6(10)11/h1,6H,2H2. The Morgan fingerprint density at radius 1 is 1.38 bits per heavy atom. The van der Waals surface area contributed by atoms with Crippen LogP contribution in [-0.4, -0.2) is 4.98 Å². The molecule has 0 N–H and O–H groups in total. The second-order valence-corrected chi connectivity index (χ2v) is 4.65. The molecule has 0 amide bonds. The first-order valence-corrected chi connectivity index (χ1v) is 6.00. The van der Waals surface area contributed by atoms with Crippen molar-refractivity contribution in [2.75, 3.05) is 0 Å². The van der Waals surface area contributed by atoms with Crippen LogP contribution in [0.5, 0.6) is 0 Å². The van der Waals surface area contributed by atoms with E-state index in [1.165, 1.54) is 0 Å². The van der Waals surface area contributed by atoms with E-state index in [0.29, 0.717) is 16.0 Å². The number of halogens is 5. The quantitative estimate of drug-likeness (QED) is 0.565. The van der Waals surface area contributed by atoms with Crippen molar-refractivity contribution in [3.8, 4) is 0 Å². The summed E-state index contributed by atoms with van der Waals surface area (Å²) in [5, 5.41) is 1.16. The number of pyridine rings is 1. The van der Waals surface area contributed by atoms with Crippen molar-refractivity contribution in [2.45, 2.75) is 10.2 Å². The van der Waals surface area contributed by atoms with Gasteiger partial charge < -0.3 is 0 Å². The minimum atomic E-state index is -0.690. The summed E-state index contributed by atoms with van der Waals surface area (Å²) in [5.41, 5.74) is 1.45. The van der Waals surface area contributed by atoms with E-state index in [-0.39, 0.29) is 5.15 Å². The average Bonchev–Trinajstić information content (AvgIpc) is 2.01. The molecule has 72 valence electrons. The molecule has 0 bridgehead atoms. The summed E-state index contributed by atoms with van der Waals surface area (Å²) in [4.78, 5) is 3.15. The van der Waals surface area contributed by atoms with Crippen molar-refractivity contribution in [3.05, 3.63) is 27.5 Å². The molecule has 0 unspecified atom stereocenters. The van der Waals surface area contributed by atoms with Gasteiger partial charge in [0, 0.05) is 10.9 Å². The van der Waals surface area contributed by atoms with Gasteiger partial charge in [-0.3, -0.25) is 0 Å². The number of hydrogen-bond acceptors (Lipinski definition) is 1. The number of rotatable bonds is 2. The molecule has 0 saturated heterocycles. The van der Waals surface area contributed by atoms with Gasteiger partial charge in [0.1, 0.15) is 15.1 Å². The zero-order chi connectivity index (χ0) is 10.0.